The largest absolute Gasteiger partial charge is 0.467 e. The summed E-state index contributed by atoms with van der Waals surface area (Å²) in [5.74, 6) is 1.89. The highest BCUT2D eigenvalue weighted by Gasteiger charge is 2.22. The molecule has 1 amide bonds. The normalized spacial score (nSPS) is 20.7. The number of nitrogens with one attached hydrogen (secondary N) is 2. The van der Waals surface area contributed by atoms with E-state index in [1.165, 1.54) is 42.4 Å². The molecule has 3 rings (SSSR count). The van der Waals surface area contributed by atoms with E-state index in [1.54, 1.807) is 6.26 Å². The summed E-state index contributed by atoms with van der Waals surface area (Å²) in [6.45, 7) is 2.80. The van der Waals surface area contributed by atoms with Crippen LogP contribution in [0.3, 0.4) is 0 Å². The fourth-order valence-corrected chi connectivity index (χ4v) is 4.38. The van der Waals surface area contributed by atoms with Gasteiger partial charge < -0.3 is 15.1 Å². The summed E-state index contributed by atoms with van der Waals surface area (Å²) in [6, 6.07) is 4.08. The zero-order chi connectivity index (χ0) is 16.8. The molecule has 0 aliphatic heterocycles. The summed E-state index contributed by atoms with van der Waals surface area (Å²) >= 11 is 2.88. The number of nitrogens with zero attached hydrogens (tertiary/aromatic N) is 2. The van der Waals surface area contributed by atoms with Crippen LogP contribution < -0.4 is 10.6 Å². The number of hydrogen-bond donors (Lipinski definition) is 2. The number of anilines is 1. The van der Waals surface area contributed by atoms with Crippen LogP contribution in [0.5, 0.6) is 0 Å². The summed E-state index contributed by atoms with van der Waals surface area (Å²) < 4.78 is 6.05. The van der Waals surface area contributed by atoms with Gasteiger partial charge in [-0.15, -0.1) is 10.2 Å². The molecule has 1 aliphatic rings. The van der Waals surface area contributed by atoms with Gasteiger partial charge in [0, 0.05) is 6.04 Å². The summed E-state index contributed by atoms with van der Waals surface area (Å²) in [7, 11) is 0. The second-order valence-electron chi connectivity index (χ2n) is 6.03. The van der Waals surface area contributed by atoms with Gasteiger partial charge in [0.25, 0.3) is 0 Å². The number of aromatic nitrogens is 2. The van der Waals surface area contributed by atoms with Gasteiger partial charge in [0.1, 0.15) is 5.76 Å². The van der Waals surface area contributed by atoms with Crippen molar-refractivity contribution in [3.8, 4) is 0 Å². The number of thioether (sulfide) groups is 1. The Morgan fingerprint density at radius 1 is 1.42 bits per heavy atom. The molecule has 2 aromatic heterocycles. The van der Waals surface area contributed by atoms with Crippen molar-refractivity contribution in [2.45, 2.75) is 49.5 Å². The van der Waals surface area contributed by atoms with E-state index >= 15 is 0 Å². The molecule has 8 heteroatoms. The zero-order valence-electron chi connectivity index (χ0n) is 13.7. The van der Waals surface area contributed by atoms with Crippen LogP contribution in [-0.4, -0.2) is 27.9 Å². The maximum absolute atomic E-state index is 12.1. The molecule has 2 atom stereocenters. The summed E-state index contributed by atoms with van der Waals surface area (Å²) in [6.07, 6.45) is 6.44. The topological polar surface area (TPSA) is 80.0 Å². The maximum Gasteiger partial charge on any atom is 0.230 e. The molecule has 0 bridgehead atoms. The van der Waals surface area contributed by atoms with Crippen molar-refractivity contribution < 1.29 is 9.21 Å². The zero-order valence-corrected chi connectivity index (χ0v) is 15.3. The number of hydrogen-bond acceptors (Lipinski definition) is 7. The molecule has 0 radical (unpaired) electrons. The Morgan fingerprint density at radius 3 is 3.08 bits per heavy atom. The van der Waals surface area contributed by atoms with Gasteiger partial charge in [-0.3, -0.25) is 4.79 Å². The average Bonchev–Trinajstić information content (AvgIpc) is 3.25. The third-order valence-electron chi connectivity index (χ3n) is 4.19. The van der Waals surface area contributed by atoms with E-state index in [0.717, 1.165) is 21.7 Å². The van der Waals surface area contributed by atoms with Gasteiger partial charge in [-0.1, -0.05) is 42.9 Å². The standard InChI is InChI=1S/C16H22N4O2S2/c1-11-5-2-3-7-13(11)18-14(21)10-23-16-20-19-15(24-16)17-9-12-6-4-8-22-12/h4,6,8,11,13H,2-3,5,7,9-10H2,1H3,(H,17,19)(H,18,21)/t11-,13+/m1/s1. The molecular weight excluding hydrogens is 344 g/mol. The smallest absolute Gasteiger partial charge is 0.230 e. The molecule has 130 valence electrons. The van der Waals surface area contributed by atoms with Crippen molar-refractivity contribution in [3.63, 3.8) is 0 Å². The van der Waals surface area contributed by atoms with Crippen LogP contribution in [0.1, 0.15) is 38.4 Å². The monoisotopic (exact) mass is 366 g/mol. The van der Waals surface area contributed by atoms with Crippen LogP contribution in [-0.2, 0) is 11.3 Å². The van der Waals surface area contributed by atoms with Crippen molar-refractivity contribution in [1.29, 1.82) is 0 Å². The lowest BCUT2D eigenvalue weighted by Gasteiger charge is -2.29. The second-order valence-corrected chi connectivity index (χ2v) is 8.23. The average molecular weight is 367 g/mol. The highest BCUT2D eigenvalue weighted by molar-refractivity contribution is 8.01. The van der Waals surface area contributed by atoms with Crippen LogP contribution >= 0.6 is 23.1 Å². The maximum atomic E-state index is 12.1. The van der Waals surface area contributed by atoms with Gasteiger partial charge >= 0.3 is 0 Å². The van der Waals surface area contributed by atoms with Gasteiger partial charge in [-0.05, 0) is 30.9 Å². The number of rotatable bonds is 7. The predicted molar refractivity (Wildman–Crippen MR) is 96.2 cm³/mol. The third kappa shape index (κ3) is 4.98. The lowest BCUT2D eigenvalue weighted by Crippen LogP contribution is -2.41. The van der Waals surface area contributed by atoms with E-state index in [9.17, 15) is 4.79 Å². The Hall–Kier alpha value is -1.54. The van der Waals surface area contributed by atoms with Crippen LogP contribution in [0.4, 0.5) is 5.13 Å². The predicted octanol–water partition coefficient (Wildman–Crippen LogP) is 3.53. The lowest BCUT2D eigenvalue weighted by atomic mass is 9.86. The second kappa shape index (κ2) is 8.53. The highest BCUT2D eigenvalue weighted by atomic mass is 32.2. The van der Waals surface area contributed by atoms with Gasteiger partial charge in [-0.25, -0.2) is 0 Å². The lowest BCUT2D eigenvalue weighted by molar-refractivity contribution is -0.119. The molecule has 0 unspecified atom stereocenters. The molecule has 1 fully saturated rings. The Morgan fingerprint density at radius 2 is 2.29 bits per heavy atom. The molecule has 0 spiro atoms. The Kier molecular flexibility index (Phi) is 6.14. The van der Waals surface area contributed by atoms with Crippen LogP contribution in [0.2, 0.25) is 0 Å². The number of amides is 1. The van der Waals surface area contributed by atoms with Crippen molar-refractivity contribution in [2.24, 2.45) is 5.92 Å². The molecule has 6 nitrogen and oxygen atoms in total. The van der Waals surface area contributed by atoms with E-state index in [-0.39, 0.29) is 5.91 Å². The molecule has 2 heterocycles. The van der Waals surface area contributed by atoms with Crippen molar-refractivity contribution in [2.75, 3.05) is 11.1 Å². The first-order chi connectivity index (χ1) is 11.7. The quantitative estimate of drug-likeness (QED) is 0.730. The summed E-state index contributed by atoms with van der Waals surface area (Å²) in [5, 5.41) is 15.2. The van der Waals surface area contributed by atoms with E-state index in [4.69, 9.17) is 4.42 Å². The summed E-state index contributed by atoms with van der Waals surface area (Å²) in [4.78, 5) is 12.1. The number of carbonyl (C=O) groups is 1. The fourth-order valence-electron chi connectivity index (χ4n) is 2.82. The summed E-state index contributed by atoms with van der Waals surface area (Å²) in [5.41, 5.74) is 0. The molecule has 1 aliphatic carbocycles. The first-order valence-corrected chi connectivity index (χ1v) is 10.0. The van der Waals surface area contributed by atoms with Gasteiger partial charge in [-0.2, -0.15) is 0 Å². The van der Waals surface area contributed by atoms with E-state index in [1.807, 2.05) is 12.1 Å². The van der Waals surface area contributed by atoms with Crippen LogP contribution in [0, 0.1) is 5.92 Å². The number of carbonyl (C=O) groups excluding carboxylic acids is 1. The molecular formula is C16H22N4O2S2. The molecule has 2 aromatic rings. The SMILES string of the molecule is C[C@@H]1CCCC[C@@H]1NC(=O)CSc1nnc(NCc2ccco2)s1. The van der Waals surface area contributed by atoms with Crippen molar-refractivity contribution in [1.82, 2.24) is 15.5 Å². The van der Waals surface area contributed by atoms with Gasteiger partial charge in [0.15, 0.2) is 4.34 Å². The molecule has 1 saturated carbocycles. The molecule has 0 saturated heterocycles. The van der Waals surface area contributed by atoms with Crippen LogP contribution in [0.15, 0.2) is 27.2 Å². The third-order valence-corrected chi connectivity index (χ3v) is 6.20. The van der Waals surface area contributed by atoms with E-state index in [2.05, 4.69) is 27.8 Å². The van der Waals surface area contributed by atoms with Crippen molar-refractivity contribution in [3.05, 3.63) is 24.2 Å². The van der Waals surface area contributed by atoms with Gasteiger partial charge in [0.05, 0.1) is 18.6 Å². The molecule has 24 heavy (non-hydrogen) atoms. The minimum absolute atomic E-state index is 0.0824. The number of furan rings is 1. The van der Waals surface area contributed by atoms with E-state index in [0.29, 0.717) is 24.3 Å². The fraction of sp³-hybridized carbons (Fsp3) is 0.562. The minimum Gasteiger partial charge on any atom is -0.467 e. The molecule has 0 aromatic carbocycles. The Balaban J connectivity index is 1.40. The highest BCUT2D eigenvalue weighted by Crippen LogP contribution is 2.27. The van der Waals surface area contributed by atoms with Crippen LogP contribution in [0.25, 0.3) is 0 Å². The van der Waals surface area contributed by atoms with E-state index < -0.39 is 0 Å². The Labute approximate surface area is 149 Å². The molecule has 2 N–H and O–H groups in total. The first-order valence-electron chi connectivity index (χ1n) is 8.22. The Bertz CT molecular complexity index is 644. The minimum atomic E-state index is 0.0824. The van der Waals surface area contributed by atoms with Crippen molar-refractivity contribution >= 4 is 34.1 Å². The first kappa shape index (κ1) is 17.3. The van der Waals surface area contributed by atoms with Gasteiger partial charge in [0.2, 0.25) is 11.0 Å².